The lowest BCUT2D eigenvalue weighted by molar-refractivity contribution is 0.559. The van der Waals surface area contributed by atoms with Gasteiger partial charge in [0.1, 0.15) is 0 Å². The van der Waals surface area contributed by atoms with Gasteiger partial charge in [0.15, 0.2) is 4.80 Å². The molecule has 29 heavy (non-hydrogen) atoms. The van der Waals surface area contributed by atoms with Crippen molar-refractivity contribution in [2.24, 2.45) is 4.99 Å². The molecular formula is C23H23BrN4S. The third-order valence-corrected chi connectivity index (χ3v) is 6.44. The van der Waals surface area contributed by atoms with Gasteiger partial charge in [0, 0.05) is 40.9 Å². The van der Waals surface area contributed by atoms with Crippen LogP contribution in [0.5, 0.6) is 0 Å². The zero-order valence-electron chi connectivity index (χ0n) is 16.5. The number of aromatic nitrogens is 3. The number of thiazole rings is 1. The maximum Gasteiger partial charge on any atom is 0.190 e. The molecule has 2 aromatic heterocycles. The Morgan fingerprint density at radius 2 is 1.97 bits per heavy atom. The molecular weight excluding hydrogens is 444 g/mol. The Kier molecular flexibility index (Phi) is 6.11. The third-order valence-electron chi connectivity index (χ3n) is 4.89. The van der Waals surface area contributed by atoms with E-state index in [1.807, 2.05) is 24.8 Å². The van der Waals surface area contributed by atoms with E-state index in [0.29, 0.717) is 0 Å². The Morgan fingerprint density at radius 1 is 1.10 bits per heavy atom. The zero-order chi connectivity index (χ0) is 20.2. The summed E-state index contributed by atoms with van der Waals surface area (Å²) in [7, 11) is 0. The highest BCUT2D eigenvalue weighted by Gasteiger charge is 2.11. The fourth-order valence-corrected chi connectivity index (χ4v) is 4.72. The minimum Gasteiger partial charge on any atom is -0.337 e. The number of hydrogen-bond acceptors (Lipinski definition) is 3. The van der Waals surface area contributed by atoms with E-state index in [1.165, 1.54) is 22.4 Å². The lowest BCUT2D eigenvalue weighted by atomic mass is 10.1. The van der Waals surface area contributed by atoms with E-state index in [2.05, 4.69) is 85.7 Å². The van der Waals surface area contributed by atoms with E-state index >= 15 is 0 Å². The molecule has 0 aliphatic heterocycles. The van der Waals surface area contributed by atoms with Crippen LogP contribution in [-0.2, 0) is 13.1 Å². The number of hydrogen-bond donors (Lipinski definition) is 0. The molecule has 0 radical (unpaired) electrons. The molecule has 0 bridgehead atoms. The Bertz CT molecular complexity index is 1170. The van der Waals surface area contributed by atoms with Crippen molar-refractivity contribution in [2.45, 2.75) is 33.4 Å². The van der Waals surface area contributed by atoms with Crippen molar-refractivity contribution in [3.8, 4) is 11.3 Å². The van der Waals surface area contributed by atoms with E-state index < -0.39 is 0 Å². The molecule has 0 unspecified atom stereocenters. The van der Waals surface area contributed by atoms with Crippen LogP contribution in [0.4, 0.5) is 5.69 Å². The molecule has 0 spiro atoms. The molecule has 0 saturated carbocycles. The van der Waals surface area contributed by atoms with Crippen molar-refractivity contribution in [2.75, 3.05) is 0 Å². The van der Waals surface area contributed by atoms with E-state index in [0.717, 1.165) is 34.5 Å². The van der Waals surface area contributed by atoms with Gasteiger partial charge < -0.3 is 9.13 Å². The van der Waals surface area contributed by atoms with Gasteiger partial charge in [-0.1, -0.05) is 46.3 Å². The van der Waals surface area contributed by atoms with Crippen molar-refractivity contribution in [3.05, 3.63) is 87.0 Å². The monoisotopic (exact) mass is 466 g/mol. The summed E-state index contributed by atoms with van der Waals surface area (Å²) in [5.41, 5.74) is 5.83. The summed E-state index contributed by atoms with van der Waals surface area (Å²) in [6.45, 7) is 6.05. The average molecular weight is 467 g/mol. The first-order chi connectivity index (χ1) is 14.1. The SMILES string of the molecule is Cc1ccc(C)c(N=c2scc(-c3ccccc3Br)n2CCCn2ccnc2)c1. The largest absolute Gasteiger partial charge is 0.337 e. The third kappa shape index (κ3) is 4.60. The summed E-state index contributed by atoms with van der Waals surface area (Å²) < 4.78 is 5.55. The van der Waals surface area contributed by atoms with Crippen LogP contribution in [0, 0.1) is 13.8 Å². The van der Waals surface area contributed by atoms with Crippen molar-refractivity contribution >= 4 is 33.0 Å². The average Bonchev–Trinajstić information content (AvgIpc) is 3.36. The molecule has 0 aliphatic carbocycles. The van der Waals surface area contributed by atoms with Crippen molar-refractivity contribution in [1.29, 1.82) is 0 Å². The van der Waals surface area contributed by atoms with Gasteiger partial charge in [0.05, 0.1) is 17.7 Å². The van der Waals surface area contributed by atoms with Crippen LogP contribution >= 0.6 is 27.3 Å². The normalized spacial score (nSPS) is 11.9. The number of halogens is 1. The molecule has 4 rings (SSSR count). The summed E-state index contributed by atoms with van der Waals surface area (Å²) in [5, 5.41) is 2.21. The number of nitrogens with zero attached hydrogens (tertiary/aromatic N) is 4. The van der Waals surface area contributed by atoms with Crippen molar-refractivity contribution in [1.82, 2.24) is 14.1 Å². The Hall–Kier alpha value is -2.44. The summed E-state index contributed by atoms with van der Waals surface area (Å²) >= 11 is 5.41. The Morgan fingerprint density at radius 3 is 2.76 bits per heavy atom. The van der Waals surface area contributed by atoms with Gasteiger partial charge in [0.2, 0.25) is 0 Å². The van der Waals surface area contributed by atoms with E-state index in [-0.39, 0.29) is 0 Å². The molecule has 0 aliphatic rings. The summed E-state index contributed by atoms with van der Waals surface area (Å²) in [4.78, 5) is 10.2. The highest BCUT2D eigenvalue weighted by atomic mass is 79.9. The molecule has 0 N–H and O–H groups in total. The number of benzene rings is 2. The van der Waals surface area contributed by atoms with Gasteiger partial charge >= 0.3 is 0 Å². The molecule has 4 nitrogen and oxygen atoms in total. The summed E-state index contributed by atoms with van der Waals surface area (Å²) in [6, 6.07) is 14.8. The molecule has 2 aromatic carbocycles. The van der Waals surface area contributed by atoms with Crippen LogP contribution in [0.15, 0.2) is 76.0 Å². The van der Waals surface area contributed by atoms with E-state index in [4.69, 9.17) is 4.99 Å². The summed E-state index contributed by atoms with van der Waals surface area (Å²) in [6.07, 6.45) is 6.71. The molecule has 0 saturated heterocycles. The fourth-order valence-electron chi connectivity index (χ4n) is 3.29. The highest BCUT2D eigenvalue weighted by molar-refractivity contribution is 9.10. The van der Waals surface area contributed by atoms with E-state index in [1.54, 1.807) is 11.3 Å². The van der Waals surface area contributed by atoms with Gasteiger partial charge in [-0.25, -0.2) is 9.98 Å². The topological polar surface area (TPSA) is 35.1 Å². The van der Waals surface area contributed by atoms with Gasteiger partial charge in [-0.15, -0.1) is 11.3 Å². The van der Waals surface area contributed by atoms with Gasteiger partial charge in [0.25, 0.3) is 0 Å². The molecule has 4 aromatic rings. The van der Waals surface area contributed by atoms with Gasteiger partial charge in [-0.2, -0.15) is 0 Å². The van der Waals surface area contributed by atoms with Crippen LogP contribution in [0.1, 0.15) is 17.5 Å². The first-order valence-electron chi connectivity index (χ1n) is 9.63. The molecule has 0 atom stereocenters. The van der Waals surface area contributed by atoms with Crippen LogP contribution in [0.2, 0.25) is 0 Å². The van der Waals surface area contributed by atoms with Crippen LogP contribution in [0.3, 0.4) is 0 Å². The van der Waals surface area contributed by atoms with Gasteiger partial charge in [-0.3, -0.25) is 0 Å². The number of aryl methyl sites for hydroxylation is 3. The molecule has 148 valence electrons. The molecule has 0 fully saturated rings. The molecule has 2 heterocycles. The van der Waals surface area contributed by atoms with Crippen molar-refractivity contribution in [3.63, 3.8) is 0 Å². The predicted molar refractivity (Wildman–Crippen MR) is 123 cm³/mol. The lowest BCUT2D eigenvalue weighted by Crippen LogP contribution is -2.17. The van der Waals surface area contributed by atoms with Crippen molar-refractivity contribution < 1.29 is 0 Å². The zero-order valence-corrected chi connectivity index (χ0v) is 18.9. The second-order valence-electron chi connectivity index (χ2n) is 7.09. The minimum atomic E-state index is 0.891. The molecule has 6 heteroatoms. The maximum atomic E-state index is 5.04. The number of imidazole rings is 1. The van der Waals surface area contributed by atoms with Crippen LogP contribution < -0.4 is 4.80 Å². The Labute approximate surface area is 183 Å². The van der Waals surface area contributed by atoms with Crippen LogP contribution in [0.25, 0.3) is 11.3 Å². The quantitative estimate of drug-likeness (QED) is 0.337. The van der Waals surface area contributed by atoms with Gasteiger partial charge in [-0.05, 0) is 43.5 Å². The first-order valence-corrected chi connectivity index (χ1v) is 11.3. The summed E-state index contributed by atoms with van der Waals surface area (Å²) in [5.74, 6) is 0. The first kappa shape index (κ1) is 19.9. The number of rotatable bonds is 6. The van der Waals surface area contributed by atoms with Crippen LogP contribution in [-0.4, -0.2) is 14.1 Å². The minimum absolute atomic E-state index is 0.891. The standard InChI is InChI=1S/C23H23BrN4S/c1-17-8-9-18(2)21(14-17)26-23-28(12-5-11-27-13-10-25-16-27)22(15-29-23)19-6-3-4-7-20(19)24/h3-4,6-10,13-16H,5,11-12H2,1-2H3. The lowest BCUT2D eigenvalue weighted by Gasteiger charge is -2.11. The maximum absolute atomic E-state index is 5.04. The highest BCUT2D eigenvalue weighted by Crippen LogP contribution is 2.29. The molecule has 0 amide bonds. The smallest absolute Gasteiger partial charge is 0.190 e. The second-order valence-corrected chi connectivity index (χ2v) is 8.78. The Balaban J connectivity index is 1.75. The fraction of sp³-hybridized carbons (Fsp3) is 0.217. The predicted octanol–water partition coefficient (Wildman–Crippen LogP) is 6.12. The second kappa shape index (κ2) is 8.93. The van der Waals surface area contributed by atoms with E-state index in [9.17, 15) is 0 Å².